The third kappa shape index (κ3) is 2.46. The van der Waals surface area contributed by atoms with Gasteiger partial charge in [-0.1, -0.05) is 0 Å². The second-order valence-corrected chi connectivity index (χ2v) is 6.62. The molecule has 2 N–H and O–H groups in total. The SMILES string of the molecule is Cc1c[n+]([O-])c(Cn2ccc3c(Br)nc(N)nc32)c(C)c1Br. The van der Waals surface area contributed by atoms with E-state index in [1.165, 1.54) is 0 Å². The number of hydrogen-bond acceptors (Lipinski definition) is 4. The molecule has 0 aliphatic carbocycles. The molecule has 0 saturated carbocycles. The lowest BCUT2D eigenvalue weighted by Crippen LogP contribution is -2.34. The number of nitrogens with two attached hydrogens (primary N) is 1. The van der Waals surface area contributed by atoms with E-state index in [-0.39, 0.29) is 5.95 Å². The Hall–Kier alpha value is -1.67. The van der Waals surface area contributed by atoms with Crippen LogP contribution in [0.15, 0.2) is 27.5 Å². The Morgan fingerprint density at radius 2 is 2.05 bits per heavy atom. The molecule has 114 valence electrons. The Kier molecular flexibility index (Phi) is 3.82. The fourth-order valence-electron chi connectivity index (χ4n) is 2.42. The van der Waals surface area contributed by atoms with E-state index in [4.69, 9.17) is 5.73 Å². The van der Waals surface area contributed by atoms with E-state index in [2.05, 4.69) is 41.8 Å². The van der Waals surface area contributed by atoms with E-state index in [0.717, 1.165) is 25.7 Å². The summed E-state index contributed by atoms with van der Waals surface area (Å²) in [5.74, 6) is 0.191. The number of aromatic nitrogens is 4. The maximum atomic E-state index is 12.2. The molecule has 0 aromatic carbocycles. The summed E-state index contributed by atoms with van der Waals surface area (Å²) < 4.78 is 4.38. The van der Waals surface area contributed by atoms with Crippen LogP contribution in [0.1, 0.15) is 16.8 Å². The molecule has 0 fully saturated rings. The molecule has 3 rings (SSSR count). The molecule has 3 heterocycles. The lowest BCUT2D eigenvalue weighted by Gasteiger charge is -2.12. The van der Waals surface area contributed by atoms with Gasteiger partial charge in [-0.2, -0.15) is 9.71 Å². The Balaban J connectivity index is 2.14. The molecule has 8 heteroatoms. The zero-order chi connectivity index (χ0) is 16.0. The maximum Gasteiger partial charge on any atom is 0.223 e. The minimum Gasteiger partial charge on any atom is -0.618 e. The van der Waals surface area contributed by atoms with Crippen molar-refractivity contribution in [3.63, 3.8) is 0 Å². The number of nitrogens with zero attached hydrogens (tertiary/aromatic N) is 4. The highest BCUT2D eigenvalue weighted by atomic mass is 79.9. The lowest BCUT2D eigenvalue weighted by atomic mass is 10.1. The highest BCUT2D eigenvalue weighted by Gasteiger charge is 2.18. The van der Waals surface area contributed by atoms with Crippen LogP contribution in [0.25, 0.3) is 11.0 Å². The number of hydrogen-bond donors (Lipinski definition) is 1. The van der Waals surface area contributed by atoms with E-state index in [1.807, 2.05) is 30.7 Å². The van der Waals surface area contributed by atoms with Gasteiger partial charge in [0.2, 0.25) is 11.6 Å². The highest BCUT2D eigenvalue weighted by Crippen LogP contribution is 2.25. The first-order valence-corrected chi connectivity index (χ1v) is 8.12. The Morgan fingerprint density at radius 3 is 2.77 bits per heavy atom. The Labute approximate surface area is 143 Å². The van der Waals surface area contributed by atoms with Crippen LogP contribution in [0, 0.1) is 19.1 Å². The molecule has 6 nitrogen and oxygen atoms in total. The maximum absolute atomic E-state index is 12.2. The summed E-state index contributed by atoms with van der Waals surface area (Å²) in [4.78, 5) is 8.35. The third-order valence-corrected chi connectivity index (χ3v) is 5.42. The van der Waals surface area contributed by atoms with Gasteiger partial charge in [0.15, 0.2) is 6.20 Å². The van der Waals surface area contributed by atoms with Gasteiger partial charge in [-0.25, -0.2) is 4.98 Å². The van der Waals surface area contributed by atoms with Gasteiger partial charge in [-0.3, -0.25) is 0 Å². The quantitative estimate of drug-likeness (QED) is 0.388. The van der Waals surface area contributed by atoms with Crippen molar-refractivity contribution >= 4 is 48.8 Å². The van der Waals surface area contributed by atoms with Crippen molar-refractivity contribution in [2.45, 2.75) is 20.4 Å². The number of rotatable bonds is 2. The fraction of sp³-hybridized carbons (Fsp3) is 0.214. The van der Waals surface area contributed by atoms with Gasteiger partial charge in [0, 0.05) is 21.8 Å². The van der Waals surface area contributed by atoms with E-state index in [9.17, 15) is 5.21 Å². The van der Waals surface area contributed by atoms with Crippen LogP contribution in [0.3, 0.4) is 0 Å². The molecule has 0 radical (unpaired) electrons. The second-order valence-electron chi connectivity index (χ2n) is 5.08. The molecule has 0 atom stereocenters. The van der Waals surface area contributed by atoms with Crippen molar-refractivity contribution in [1.82, 2.24) is 14.5 Å². The Bertz CT molecular complexity index is 891. The summed E-state index contributed by atoms with van der Waals surface area (Å²) in [6.45, 7) is 4.22. The average molecular weight is 427 g/mol. The van der Waals surface area contributed by atoms with Gasteiger partial charge in [-0.15, -0.1) is 0 Å². The first-order valence-electron chi connectivity index (χ1n) is 6.54. The van der Waals surface area contributed by atoms with Crippen LogP contribution in [0.2, 0.25) is 0 Å². The van der Waals surface area contributed by atoms with Crippen LogP contribution in [-0.2, 0) is 6.54 Å². The summed E-state index contributed by atoms with van der Waals surface area (Å²) in [6, 6.07) is 1.90. The number of fused-ring (bicyclic) bond motifs is 1. The number of halogens is 2. The first kappa shape index (κ1) is 15.2. The molecular formula is C14H13Br2N5O. The van der Waals surface area contributed by atoms with E-state index < -0.39 is 0 Å². The van der Waals surface area contributed by atoms with E-state index in [1.54, 1.807) is 6.20 Å². The number of nitrogen functional groups attached to an aromatic ring is 1. The molecule has 3 aromatic heterocycles. The molecule has 0 aliphatic rings. The van der Waals surface area contributed by atoms with Gasteiger partial charge in [0.25, 0.3) is 0 Å². The van der Waals surface area contributed by atoms with Crippen molar-refractivity contribution in [2.75, 3.05) is 5.73 Å². The third-order valence-electron chi connectivity index (χ3n) is 3.59. The minimum atomic E-state index is 0.191. The van der Waals surface area contributed by atoms with Crippen molar-refractivity contribution in [2.24, 2.45) is 0 Å². The highest BCUT2D eigenvalue weighted by molar-refractivity contribution is 9.10. The summed E-state index contributed by atoms with van der Waals surface area (Å²) in [5.41, 5.74) is 8.88. The lowest BCUT2D eigenvalue weighted by molar-refractivity contribution is -0.615. The largest absolute Gasteiger partial charge is 0.618 e. The monoisotopic (exact) mass is 425 g/mol. The van der Waals surface area contributed by atoms with Crippen LogP contribution >= 0.6 is 31.9 Å². The molecule has 0 spiro atoms. The summed E-state index contributed by atoms with van der Waals surface area (Å²) >= 11 is 6.90. The predicted molar refractivity (Wildman–Crippen MR) is 91.3 cm³/mol. The van der Waals surface area contributed by atoms with Crippen LogP contribution < -0.4 is 10.5 Å². The van der Waals surface area contributed by atoms with Gasteiger partial charge in [0.1, 0.15) is 16.8 Å². The van der Waals surface area contributed by atoms with Gasteiger partial charge in [0.05, 0.1) is 5.39 Å². The van der Waals surface area contributed by atoms with Crippen LogP contribution in [0.4, 0.5) is 5.95 Å². The van der Waals surface area contributed by atoms with Crippen LogP contribution in [0.5, 0.6) is 0 Å². The average Bonchev–Trinajstić information content (AvgIpc) is 2.84. The van der Waals surface area contributed by atoms with Crippen molar-refractivity contribution in [1.29, 1.82) is 0 Å². The van der Waals surface area contributed by atoms with Gasteiger partial charge in [-0.05, 0) is 51.8 Å². The van der Waals surface area contributed by atoms with E-state index in [0.29, 0.717) is 22.5 Å². The molecule has 0 saturated heterocycles. The van der Waals surface area contributed by atoms with Crippen molar-refractivity contribution < 1.29 is 4.73 Å². The first-order chi connectivity index (χ1) is 10.4. The summed E-state index contributed by atoms with van der Waals surface area (Å²) in [6.07, 6.45) is 3.44. The molecular weight excluding hydrogens is 414 g/mol. The fourth-order valence-corrected chi connectivity index (χ4v) is 3.24. The molecule has 0 bridgehead atoms. The summed E-state index contributed by atoms with van der Waals surface area (Å²) in [7, 11) is 0. The summed E-state index contributed by atoms with van der Waals surface area (Å²) in [5, 5.41) is 13.1. The second kappa shape index (κ2) is 5.51. The zero-order valence-corrected chi connectivity index (χ0v) is 15.1. The van der Waals surface area contributed by atoms with Crippen molar-refractivity contribution in [3.8, 4) is 0 Å². The molecule has 22 heavy (non-hydrogen) atoms. The van der Waals surface area contributed by atoms with E-state index >= 15 is 0 Å². The van der Waals surface area contributed by atoms with Crippen LogP contribution in [-0.4, -0.2) is 14.5 Å². The Morgan fingerprint density at radius 1 is 1.32 bits per heavy atom. The number of anilines is 1. The van der Waals surface area contributed by atoms with Gasteiger partial charge < -0.3 is 15.5 Å². The minimum absolute atomic E-state index is 0.191. The molecule has 0 aliphatic heterocycles. The van der Waals surface area contributed by atoms with Crippen molar-refractivity contribution in [3.05, 3.63) is 49.6 Å². The number of pyridine rings is 1. The normalized spacial score (nSPS) is 11.3. The van der Waals surface area contributed by atoms with Gasteiger partial charge >= 0.3 is 0 Å². The zero-order valence-electron chi connectivity index (χ0n) is 12.0. The topological polar surface area (TPSA) is 83.7 Å². The smallest absolute Gasteiger partial charge is 0.223 e. The standard InChI is InChI=1S/C14H13Br2N5O/c1-7-5-21(22)10(8(2)11(7)15)6-20-4-3-9-12(16)18-14(17)19-13(9)20/h3-5H,6H2,1-2H3,(H2,17,18,19). The molecule has 0 unspecified atom stereocenters. The molecule has 3 aromatic rings. The predicted octanol–water partition coefficient (Wildman–Crippen LogP) is 2.84. The number of aryl methyl sites for hydroxylation is 1. The molecule has 0 amide bonds.